The molecule has 0 radical (unpaired) electrons. The normalized spacial score (nSPS) is 15.4. The van der Waals surface area contributed by atoms with Crippen LogP contribution >= 0.6 is 0 Å². The molecule has 0 atom stereocenters. The first-order valence-corrected chi connectivity index (χ1v) is 11.2. The van der Waals surface area contributed by atoms with Crippen LogP contribution in [0, 0.1) is 5.82 Å². The van der Waals surface area contributed by atoms with Gasteiger partial charge in [0.15, 0.2) is 5.69 Å². The number of hydrazine groups is 1. The zero-order valence-corrected chi connectivity index (χ0v) is 18.7. The van der Waals surface area contributed by atoms with Gasteiger partial charge >= 0.3 is 0 Å². The fourth-order valence-electron chi connectivity index (χ4n) is 4.60. The lowest BCUT2D eigenvalue weighted by Gasteiger charge is -2.36. The lowest BCUT2D eigenvalue weighted by Crippen LogP contribution is -2.52. The first-order chi connectivity index (χ1) is 15.8. The van der Waals surface area contributed by atoms with Crippen LogP contribution in [0.15, 0.2) is 53.3 Å². The van der Waals surface area contributed by atoms with Crippen LogP contribution < -0.4 is 16.4 Å². The Morgan fingerprint density at radius 1 is 1.00 bits per heavy atom. The molecule has 0 saturated heterocycles. The molecule has 172 valence electrons. The summed E-state index contributed by atoms with van der Waals surface area (Å²) in [6, 6.07) is 12.6. The molecule has 1 saturated carbocycles. The Bertz CT molecular complexity index is 1260. The summed E-state index contributed by atoms with van der Waals surface area (Å²) < 4.78 is 15.2. The number of hydrogen-bond donors (Lipinski definition) is 2. The van der Waals surface area contributed by atoms with Gasteiger partial charge < -0.3 is 0 Å². The second-order valence-corrected chi connectivity index (χ2v) is 8.80. The highest BCUT2D eigenvalue weighted by molar-refractivity contribution is 6.05. The number of amides is 2. The van der Waals surface area contributed by atoms with Crippen molar-refractivity contribution < 1.29 is 14.0 Å². The lowest BCUT2D eigenvalue weighted by molar-refractivity contribution is -0.128. The predicted octanol–water partition coefficient (Wildman–Crippen LogP) is 3.78. The van der Waals surface area contributed by atoms with Gasteiger partial charge in [-0.15, -0.1) is 0 Å². The van der Waals surface area contributed by atoms with E-state index in [4.69, 9.17) is 0 Å². The average Bonchev–Trinajstić information content (AvgIpc) is 2.83. The van der Waals surface area contributed by atoms with Crippen molar-refractivity contribution in [3.63, 3.8) is 0 Å². The van der Waals surface area contributed by atoms with Crippen LogP contribution in [0.25, 0.3) is 10.8 Å². The maximum absolute atomic E-state index is 13.9. The molecule has 4 rings (SSSR count). The molecule has 1 aromatic heterocycles. The molecule has 0 spiro atoms. The van der Waals surface area contributed by atoms with E-state index < -0.39 is 17.1 Å². The number of carbonyl (C=O) groups excluding carboxylic acids is 2. The number of hydrogen-bond acceptors (Lipinski definition) is 4. The number of rotatable bonds is 4. The number of carbonyl (C=O) groups is 2. The van der Waals surface area contributed by atoms with Gasteiger partial charge in [0, 0.05) is 5.39 Å². The molecule has 0 unspecified atom stereocenters. The van der Waals surface area contributed by atoms with E-state index in [1.165, 1.54) is 16.8 Å². The monoisotopic (exact) mass is 450 g/mol. The van der Waals surface area contributed by atoms with E-state index in [1.54, 1.807) is 50.2 Å². The smallest absolute Gasteiger partial charge is 0.272 e. The summed E-state index contributed by atoms with van der Waals surface area (Å²) in [5.74, 6) is -1.41. The number of benzene rings is 2. The Kier molecular flexibility index (Phi) is 6.26. The summed E-state index contributed by atoms with van der Waals surface area (Å²) in [6.45, 7) is 3.61. The van der Waals surface area contributed by atoms with Gasteiger partial charge in [0.05, 0.1) is 16.8 Å². The van der Waals surface area contributed by atoms with E-state index in [-0.39, 0.29) is 23.2 Å². The van der Waals surface area contributed by atoms with E-state index in [2.05, 4.69) is 16.0 Å². The third kappa shape index (κ3) is 4.25. The number of fused-ring (bicyclic) bond motifs is 1. The van der Waals surface area contributed by atoms with Crippen molar-refractivity contribution in [1.82, 2.24) is 20.6 Å². The quantitative estimate of drug-likeness (QED) is 0.592. The van der Waals surface area contributed by atoms with Crippen molar-refractivity contribution in [2.45, 2.75) is 57.4 Å². The van der Waals surface area contributed by atoms with Gasteiger partial charge in [-0.05, 0) is 50.5 Å². The molecular formula is C25H27FN4O3. The maximum atomic E-state index is 13.9. The summed E-state index contributed by atoms with van der Waals surface area (Å²) in [4.78, 5) is 39.1. The molecule has 0 aliphatic heterocycles. The Hall–Kier alpha value is -3.55. The van der Waals surface area contributed by atoms with E-state index in [0.29, 0.717) is 29.2 Å². The summed E-state index contributed by atoms with van der Waals surface area (Å²) in [6.07, 6.45) is 3.81. The molecular weight excluding hydrogens is 423 g/mol. The van der Waals surface area contributed by atoms with Gasteiger partial charge in [0.2, 0.25) is 5.91 Å². The molecule has 8 heteroatoms. The molecule has 2 aromatic carbocycles. The Morgan fingerprint density at radius 2 is 1.70 bits per heavy atom. The van der Waals surface area contributed by atoms with Gasteiger partial charge in [-0.2, -0.15) is 5.10 Å². The zero-order valence-electron chi connectivity index (χ0n) is 18.7. The van der Waals surface area contributed by atoms with E-state index >= 15 is 0 Å². The van der Waals surface area contributed by atoms with Crippen molar-refractivity contribution in [1.29, 1.82) is 0 Å². The van der Waals surface area contributed by atoms with Gasteiger partial charge in [0.1, 0.15) is 5.82 Å². The van der Waals surface area contributed by atoms with Crippen LogP contribution in [0.5, 0.6) is 0 Å². The van der Waals surface area contributed by atoms with Gasteiger partial charge in [-0.1, -0.05) is 49.6 Å². The van der Waals surface area contributed by atoms with Crippen molar-refractivity contribution in [2.24, 2.45) is 0 Å². The SMILES string of the molecule is CC(C)n1nc(C(=O)NNC(=O)C2(c3cccc(F)c3)CCCCC2)c2ccccc2c1=O. The van der Waals surface area contributed by atoms with E-state index in [0.717, 1.165) is 19.3 Å². The predicted molar refractivity (Wildman–Crippen MR) is 123 cm³/mol. The fourth-order valence-corrected chi connectivity index (χ4v) is 4.60. The first-order valence-electron chi connectivity index (χ1n) is 11.2. The lowest BCUT2D eigenvalue weighted by atomic mass is 9.69. The van der Waals surface area contributed by atoms with Crippen LogP contribution in [-0.2, 0) is 10.2 Å². The van der Waals surface area contributed by atoms with Crippen molar-refractivity contribution >= 4 is 22.6 Å². The fraction of sp³-hybridized carbons (Fsp3) is 0.360. The second-order valence-electron chi connectivity index (χ2n) is 8.80. The van der Waals surface area contributed by atoms with Gasteiger partial charge in [0.25, 0.3) is 11.5 Å². The summed E-state index contributed by atoms with van der Waals surface area (Å²) in [5.41, 5.74) is 4.47. The Morgan fingerprint density at radius 3 is 2.36 bits per heavy atom. The number of nitrogens with zero attached hydrogens (tertiary/aromatic N) is 2. The van der Waals surface area contributed by atoms with Crippen molar-refractivity contribution in [2.75, 3.05) is 0 Å². The first kappa shape index (κ1) is 22.6. The summed E-state index contributed by atoms with van der Waals surface area (Å²) >= 11 is 0. The third-order valence-corrected chi connectivity index (χ3v) is 6.34. The zero-order chi connectivity index (χ0) is 23.6. The molecule has 1 fully saturated rings. The molecule has 2 N–H and O–H groups in total. The molecule has 1 aliphatic carbocycles. The van der Waals surface area contributed by atoms with Gasteiger partial charge in [-0.3, -0.25) is 25.2 Å². The van der Waals surface area contributed by atoms with Gasteiger partial charge in [-0.25, -0.2) is 9.07 Å². The number of halogens is 1. The molecule has 7 nitrogen and oxygen atoms in total. The van der Waals surface area contributed by atoms with Crippen molar-refractivity contribution in [3.05, 3.63) is 76.0 Å². The van der Waals surface area contributed by atoms with Crippen LogP contribution in [0.2, 0.25) is 0 Å². The van der Waals surface area contributed by atoms with Crippen LogP contribution in [0.1, 0.15) is 68.0 Å². The van der Waals surface area contributed by atoms with Crippen LogP contribution in [0.4, 0.5) is 4.39 Å². The summed E-state index contributed by atoms with van der Waals surface area (Å²) in [5, 5.41) is 5.05. The molecule has 0 bridgehead atoms. The highest BCUT2D eigenvalue weighted by atomic mass is 19.1. The number of aromatic nitrogens is 2. The second kappa shape index (κ2) is 9.13. The molecule has 1 heterocycles. The largest absolute Gasteiger partial charge is 0.290 e. The van der Waals surface area contributed by atoms with Crippen LogP contribution in [-0.4, -0.2) is 21.6 Å². The van der Waals surface area contributed by atoms with E-state index in [9.17, 15) is 18.8 Å². The minimum Gasteiger partial charge on any atom is -0.272 e. The number of nitrogens with one attached hydrogen (secondary N) is 2. The molecule has 3 aromatic rings. The highest BCUT2D eigenvalue weighted by Gasteiger charge is 2.41. The Labute approximate surface area is 191 Å². The third-order valence-electron chi connectivity index (χ3n) is 6.34. The summed E-state index contributed by atoms with van der Waals surface area (Å²) in [7, 11) is 0. The van der Waals surface area contributed by atoms with Crippen molar-refractivity contribution in [3.8, 4) is 0 Å². The minimum absolute atomic E-state index is 0.0441. The van der Waals surface area contributed by atoms with E-state index in [1.807, 2.05) is 0 Å². The minimum atomic E-state index is -0.917. The maximum Gasteiger partial charge on any atom is 0.290 e. The standard InChI is InChI=1S/C25H27FN4O3/c1-16(2)30-23(32)20-12-5-4-11-19(20)21(29-30)22(31)27-28-24(33)25(13-6-3-7-14-25)17-9-8-10-18(26)15-17/h4-5,8-12,15-16H,3,6-7,13-14H2,1-2H3,(H,27,31)(H,28,33). The molecule has 1 aliphatic rings. The highest BCUT2D eigenvalue weighted by Crippen LogP contribution is 2.39. The molecule has 2 amide bonds. The molecule has 33 heavy (non-hydrogen) atoms. The Balaban J connectivity index is 1.63. The van der Waals surface area contributed by atoms with Crippen LogP contribution in [0.3, 0.4) is 0 Å². The average molecular weight is 451 g/mol. The topological polar surface area (TPSA) is 93.1 Å².